The molecule has 1 rings (SSSR count). The summed E-state index contributed by atoms with van der Waals surface area (Å²) >= 11 is 1.34. The number of rotatable bonds is 7. The molecule has 0 bridgehead atoms. The number of hydrogen-bond donors (Lipinski definition) is 2. The Bertz CT molecular complexity index is 495. The molecule has 0 saturated carbocycles. The largest absolute Gasteiger partial charge is 0.481 e. The smallest absolute Gasteiger partial charge is 0.313 e. The van der Waals surface area contributed by atoms with E-state index >= 15 is 0 Å². The molecule has 2 N–H and O–H groups in total. The van der Waals surface area contributed by atoms with Gasteiger partial charge in [0.2, 0.25) is 5.91 Å². The Kier molecular flexibility index (Phi) is 6.75. The van der Waals surface area contributed by atoms with E-state index in [9.17, 15) is 9.59 Å². The van der Waals surface area contributed by atoms with E-state index in [0.29, 0.717) is 12.2 Å². The van der Waals surface area contributed by atoms with Gasteiger partial charge in [-0.3, -0.25) is 9.59 Å². The first-order chi connectivity index (χ1) is 9.76. The van der Waals surface area contributed by atoms with Crippen LogP contribution in [0.25, 0.3) is 0 Å². The molecule has 0 aliphatic rings. The molecule has 0 heterocycles. The van der Waals surface area contributed by atoms with Crippen LogP contribution < -0.4 is 5.32 Å². The van der Waals surface area contributed by atoms with Crippen molar-refractivity contribution in [1.29, 1.82) is 0 Å². The predicted molar refractivity (Wildman–Crippen MR) is 87.6 cm³/mol. The molecule has 0 fully saturated rings. The molecule has 0 radical (unpaired) electrons. The lowest BCUT2D eigenvalue weighted by atomic mass is 9.90. The van der Waals surface area contributed by atoms with Gasteiger partial charge in [-0.25, -0.2) is 0 Å². The van der Waals surface area contributed by atoms with Gasteiger partial charge in [0.1, 0.15) is 0 Å². The number of aliphatic carboxylic acids is 1. The normalized spacial score (nSPS) is 11.2. The first-order valence-corrected chi connectivity index (χ1v) is 8.10. The van der Waals surface area contributed by atoms with Gasteiger partial charge in [-0.15, -0.1) is 11.8 Å². The van der Waals surface area contributed by atoms with Crippen LogP contribution in [0.4, 0.5) is 5.69 Å². The molecule has 1 aromatic carbocycles. The average molecular weight is 309 g/mol. The van der Waals surface area contributed by atoms with Crippen LogP contribution in [0.2, 0.25) is 0 Å². The van der Waals surface area contributed by atoms with E-state index in [1.807, 2.05) is 24.3 Å². The van der Waals surface area contributed by atoms with Crippen LogP contribution in [-0.4, -0.2) is 22.7 Å². The van der Waals surface area contributed by atoms with Crippen LogP contribution >= 0.6 is 11.8 Å². The Balaban J connectivity index is 2.48. The summed E-state index contributed by atoms with van der Waals surface area (Å²) in [7, 11) is 0. The summed E-state index contributed by atoms with van der Waals surface area (Å²) in [6, 6.07) is 7.54. The lowest BCUT2D eigenvalue weighted by Crippen LogP contribution is -2.15. The molecule has 0 unspecified atom stereocenters. The molecular weight excluding hydrogens is 286 g/mol. The molecule has 0 aromatic heterocycles. The highest BCUT2D eigenvalue weighted by Gasteiger charge is 2.13. The number of thioether (sulfide) groups is 1. The van der Waals surface area contributed by atoms with Gasteiger partial charge in [-0.1, -0.05) is 32.9 Å². The first kappa shape index (κ1) is 17.6. The maximum absolute atomic E-state index is 11.9. The summed E-state index contributed by atoms with van der Waals surface area (Å²) in [5.74, 6) is -0.0907. The quantitative estimate of drug-likeness (QED) is 0.804. The van der Waals surface area contributed by atoms with Crippen molar-refractivity contribution in [2.24, 2.45) is 5.41 Å². The lowest BCUT2D eigenvalue weighted by molar-refractivity contribution is -0.133. The van der Waals surface area contributed by atoms with E-state index in [0.717, 1.165) is 17.7 Å². The van der Waals surface area contributed by atoms with Crippen molar-refractivity contribution in [3.63, 3.8) is 0 Å². The monoisotopic (exact) mass is 309 g/mol. The number of nitrogens with one attached hydrogen (secondary N) is 1. The molecule has 116 valence electrons. The van der Waals surface area contributed by atoms with Crippen molar-refractivity contribution in [3.8, 4) is 0 Å². The van der Waals surface area contributed by atoms with Crippen molar-refractivity contribution in [2.45, 2.75) is 39.4 Å². The second-order valence-electron chi connectivity index (χ2n) is 6.20. The van der Waals surface area contributed by atoms with E-state index in [1.165, 1.54) is 11.8 Å². The summed E-state index contributed by atoms with van der Waals surface area (Å²) in [5.41, 5.74) is 1.92. The van der Waals surface area contributed by atoms with Crippen LogP contribution in [0.15, 0.2) is 24.3 Å². The minimum atomic E-state index is -0.813. The van der Waals surface area contributed by atoms with E-state index in [4.69, 9.17) is 5.11 Å². The van der Waals surface area contributed by atoms with Crippen LogP contribution in [0, 0.1) is 5.41 Å². The second-order valence-corrected chi connectivity index (χ2v) is 7.18. The zero-order chi connectivity index (χ0) is 15.9. The van der Waals surface area contributed by atoms with Crippen LogP contribution in [-0.2, 0) is 15.3 Å². The molecule has 5 heteroatoms. The summed E-state index contributed by atoms with van der Waals surface area (Å²) in [6.07, 6.45) is 1.34. The number of carboxylic acid groups (broad SMARTS) is 1. The number of amides is 1. The Morgan fingerprint density at radius 3 is 2.62 bits per heavy atom. The minimum absolute atomic E-state index is 0.0141. The van der Waals surface area contributed by atoms with Gasteiger partial charge in [-0.05, 0) is 29.5 Å². The Morgan fingerprint density at radius 1 is 1.29 bits per heavy atom. The summed E-state index contributed by atoms with van der Waals surface area (Å²) in [4.78, 5) is 22.4. The van der Waals surface area contributed by atoms with Gasteiger partial charge in [-0.2, -0.15) is 0 Å². The van der Waals surface area contributed by atoms with E-state index < -0.39 is 5.97 Å². The van der Waals surface area contributed by atoms with Gasteiger partial charge in [0, 0.05) is 17.9 Å². The maximum atomic E-state index is 11.9. The topological polar surface area (TPSA) is 66.4 Å². The summed E-state index contributed by atoms with van der Waals surface area (Å²) in [6.45, 7) is 6.34. The second kappa shape index (κ2) is 8.08. The SMILES string of the molecule is CC(C)(C)CCC(=O)Nc1cccc(CSCC(=O)O)c1. The van der Waals surface area contributed by atoms with E-state index in [1.54, 1.807) is 0 Å². The van der Waals surface area contributed by atoms with Gasteiger partial charge in [0.05, 0.1) is 5.75 Å². The molecule has 0 aliphatic carbocycles. The highest BCUT2D eigenvalue weighted by Crippen LogP contribution is 2.21. The molecule has 4 nitrogen and oxygen atoms in total. The first-order valence-electron chi connectivity index (χ1n) is 6.94. The Labute approximate surface area is 130 Å². The number of anilines is 1. The van der Waals surface area contributed by atoms with E-state index in [2.05, 4.69) is 26.1 Å². The van der Waals surface area contributed by atoms with Gasteiger partial charge >= 0.3 is 5.97 Å². The molecule has 1 amide bonds. The third-order valence-electron chi connectivity index (χ3n) is 2.81. The van der Waals surface area contributed by atoms with Crippen molar-refractivity contribution in [2.75, 3.05) is 11.1 Å². The van der Waals surface area contributed by atoms with Gasteiger partial charge in [0.15, 0.2) is 0 Å². The fourth-order valence-electron chi connectivity index (χ4n) is 1.71. The predicted octanol–water partition coefficient (Wildman–Crippen LogP) is 3.77. The Hall–Kier alpha value is -1.49. The summed E-state index contributed by atoms with van der Waals surface area (Å²) < 4.78 is 0. The molecule has 0 atom stereocenters. The van der Waals surface area contributed by atoms with Crippen LogP contribution in [0.5, 0.6) is 0 Å². The summed E-state index contributed by atoms with van der Waals surface area (Å²) in [5, 5.41) is 11.5. The lowest BCUT2D eigenvalue weighted by Gasteiger charge is -2.17. The molecule has 0 aliphatic heterocycles. The zero-order valence-electron chi connectivity index (χ0n) is 12.8. The average Bonchev–Trinajstić information content (AvgIpc) is 2.36. The number of benzene rings is 1. The van der Waals surface area contributed by atoms with Crippen LogP contribution in [0.3, 0.4) is 0 Å². The van der Waals surface area contributed by atoms with Gasteiger partial charge < -0.3 is 10.4 Å². The van der Waals surface area contributed by atoms with Crippen molar-refractivity contribution >= 4 is 29.3 Å². The van der Waals surface area contributed by atoms with E-state index in [-0.39, 0.29) is 17.1 Å². The van der Waals surface area contributed by atoms with Gasteiger partial charge in [0.25, 0.3) is 0 Å². The minimum Gasteiger partial charge on any atom is -0.481 e. The Morgan fingerprint density at radius 2 is 2.00 bits per heavy atom. The molecular formula is C16H23NO3S. The zero-order valence-corrected chi connectivity index (χ0v) is 13.6. The molecule has 0 spiro atoms. The molecule has 21 heavy (non-hydrogen) atoms. The number of hydrogen-bond acceptors (Lipinski definition) is 3. The maximum Gasteiger partial charge on any atom is 0.313 e. The third-order valence-corrected chi connectivity index (χ3v) is 3.80. The third kappa shape index (κ3) is 8.40. The molecule has 0 saturated heterocycles. The standard InChI is InChI=1S/C16H23NO3S/c1-16(2,3)8-7-14(18)17-13-6-4-5-12(9-13)10-21-11-15(19)20/h4-6,9H,7-8,10-11H2,1-3H3,(H,17,18)(H,19,20). The van der Waals surface area contributed by atoms with Crippen molar-refractivity contribution in [1.82, 2.24) is 0 Å². The fraction of sp³-hybridized carbons (Fsp3) is 0.500. The van der Waals surface area contributed by atoms with Crippen LogP contribution in [0.1, 0.15) is 39.2 Å². The van der Waals surface area contributed by atoms with Crippen molar-refractivity contribution < 1.29 is 14.7 Å². The number of carbonyl (C=O) groups is 2. The fourth-order valence-corrected chi connectivity index (χ4v) is 2.40. The van der Waals surface area contributed by atoms with Crippen molar-refractivity contribution in [3.05, 3.63) is 29.8 Å². The number of carboxylic acids is 1. The number of carbonyl (C=O) groups excluding carboxylic acids is 1. The highest BCUT2D eigenvalue weighted by molar-refractivity contribution is 7.99. The molecule has 1 aromatic rings. The highest BCUT2D eigenvalue weighted by atomic mass is 32.2.